The van der Waals surface area contributed by atoms with E-state index in [4.69, 9.17) is 43.4 Å². The minimum atomic E-state index is 0.178. The van der Waals surface area contributed by atoms with Crippen LogP contribution < -0.4 is 20.5 Å². The SMILES string of the molecule is COc1cc(OC)c(Cl)c(-c2cc3cnc(N)nc3c(NCCN3CCC(N(C)C)C3)n2)c1Cl. The Morgan fingerprint density at radius 2 is 1.85 bits per heavy atom. The third-order valence-electron chi connectivity index (χ3n) is 6.11. The Morgan fingerprint density at radius 3 is 2.47 bits per heavy atom. The van der Waals surface area contributed by atoms with Crippen LogP contribution in [0.4, 0.5) is 11.8 Å². The lowest BCUT2D eigenvalue weighted by Gasteiger charge is -2.20. The number of fused-ring (bicyclic) bond motifs is 1. The second-order valence-corrected chi connectivity index (χ2v) is 9.20. The summed E-state index contributed by atoms with van der Waals surface area (Å²) in [5.41, 5.74) is 7.56. The summed E-state index contributed by atoms with van der Waals surface area (Å²) < 4.78 is 10.8. The van der Waals surface area contributed by atoms with Gasteiger partial charge in [-0.2, -0.15) is 0 Å². The van der Waals surface area contributed by atoms with Gasteiger partial charge < -0.3 is 25.4 Å². The first kappa shape index (κ1) is 24.5. The van der Waals surface area contributed by atoms with E-state index in [9.17, 15) is 0 Å². The molecule has 1 atom stereocenters. The highest BCUT2D eigenvalue weighted by Gasteiger charge is 2.24. The molecule has 11 heteroatoms. The molecule has 3 heterocycles. The summed E-state index contributed by atoms with van der Waals surface area (Å²) in [5, 5.41) is 4.87. The number of halogens is 2. The van der Waals surface area contributed by atoms with Gasteiger partial charge in [0.15, 0.2) is 5.82 Å². The standard InChI is InChI=1S/C23H29Cl2N7O2/c1-31(2)14-5-7-32(12-14)8-6-27-22-21-13(11-28-23(26)30-21)9-15(29-22)18-19(24)16(33-3)10-17(34-4)20(18)25/h9-11,14H,5-8,12H2,1-4H3,(H,27,29)(H2,26,28,30). The maximum Gasteiger partial charge on any atom is 0.220 e. The van der Waals surface area contributed by atoms with E-state index in [1.807, 2.05) is 6.07 Å². The Balaban J connectivity index is 1.69. The topological polar surface area (TPSA) is 102 Å². The second kappa shape index (κ2) is 10.4. The summed E-state index contributed by atoms with van der Waals surface area (Å²) in [6, 6.07) is 4.06. The highest BCUT2D eigenvalue weighted by atomic mass is 35.5. The molecule has 9 nitrogen and oxygen atoms in total. The predicted molar refractivity (Wildman–Crippen MR) is 137 cm³/mol. The third kappa shape index (κ3) is 4.93. The van der Waals surface area contributed by atoms with Crippen LogP contribution in [0.5, 0.6) is 11.5 Å². The minimum absolute atomic E-state index is 0.178. The van der Waals surface area contributed by atoms with Crippen LogP contribution in [0.2, 0.25) is 10.0 Å². The van der Waals surface area contributed by atoms with E-state index in [0.717, 1.165) is 25.0 Å². The number of likely N-dealkylation sites (N-methyl/N-ethyl adjacent to an activating group) is 1. The minimum Gasteiger partial charge on any atom is -0.495 e. The zero-order valence-electron chi connectivity index (χ0n) is 19.7. The van der Waals surface area contributed by atoms with Crippen molar-refractivity contribution >= 4 is 45.9 Å². The van der Waals surface area contributed by atoms with Gasteiger partial charge in [-0.1, -0.05) is 23.2 Å². The fraction of sp³-hybridized carbons (Fsp3) is 0.435. The quantitative estimate of drug-likeness (QED) is 0.474. The summed E-state index contributed by atoms with van der Waals surface area (Å²) in [4.78, 5) is 18.1. The van der Waals surface area contributed by atoms with E-state index in [1.54, 1.807) is 12.3 Å². The van der Waals surface area contributed by atoms with Crippen LogP contribution in [-0.2, 0) is 0 Å². The van der Waals surface area contributed by atoms with Gasteiger partial charge in [0.25, 0.3) is 0 Å². The molecule has 4 rings (SSSR count). The maximum atomic E-state index is 6.65. The molecule has 2 aromatic heterocycles. The number of aromatic nitrogens is 3. The van der Waals surface area contributed by atoms with E-state index < -0.39 is 0 Å². The average molecular weight is 506 g/mol. The normalized spacial score (nSPS) is 16.4. The lowest BCUT2D eigenvalue weighted by molar-refractivity contribution is 0.273. The van der Waals surface area contributed by atoms with Crippen LogP contribution in [0, 0.1) is 0 Å². The van der Waals surface area contributed by atoms with Crippen LogP contribution in [0.15, 0.2) is 18.3 Å². The number of pyridine rings is 1. The first-order valence-corrected chi connectivity index (χ1v) is 11.7. The van der Waals surface area contributed by atoms with E-state index >= 15 is 0 Å². The first-order chi connectivity index (χ1) is 16.3. The van der Waals surface area contributed by atoms with Crippen molar-refractivity contribution in [2.24, 2.45) is 0 Å². The van der Waals surface area contributed by atoms with E-state index in [0.29, 0.717) is 56.7 Å². The van der Waals surface area contributed by atoms with Gasteiger partial charge in [0.05, 0.1) is 30.0 Å². The number of likely N-dealkylation sites (tertiary alicyclic amines) is 1. The molecule has 3 N–H and O–H groups in total. The van der Waals surface area contributed by atoms with Crippen molar-refractivity contribution in [1.29, 1.82) is 0 Å². The molecule has 0 radical (unpaired) electrons. The molecular formula is C23H29Cl2N7O2. The smallest absolute Gasteiger partial charge is 0.220 e. The summed E-state index contributed by atoms with van der Waals surface area (Å²) in [7, 11) is 7.33. The van der Waals surface area contributed by atoms with Crippen molar-refractivity contribution in [3.63, 3.8) is 0 Å². The molecule has 1 unspecified atom stereocenters. The van der Waals surface area contributed by atoms with Gasteiger partial charge in [-0.3, -0.25) is 4.90 Å². The molecule has 1 saturated heterocycles. The second-order valence-electron chi connectivity index (χ2n) is 8.44. The maximum absolute atomic E-state index is 6.65. The van der Waals surface area contributed by atoms with Gasteiger partial charge in [-0.25, -0.2) is 15.0 Å². The third-order valence-corrected chi connectivity index (χ3v) is 6.86. The summed E-state index contributed by atoms with van der Waals surface area (Å²) in [6.45, 7) is 3.70. The number of anilines is 2. The first-order valence-electron chi connectivity index (χ1n) is 11.0. The summed E-state index contributed by atoms with van der Waals surface area (Å²) in [5.74, 6) is 1.64. The van der Waals surface area contributed by atoms with Crippen molar-refractivity contribution in [1.82, 2.24) is 24.8 Å². The fourth-order valence-corrected chi connectivity index (χ4v) is 4.88. The predicted octanol–water partition coefficient (Wildman–Crippen LogP) is 3.65. The molecule has 0 saturated carbocycles. The molecular weight excluding hydrogens is 477 g/mol. The fourth-order valence-electron chi connectivity index (χ4n) is 4.18. The molecule has 0 aliphatic carbocycles. The van der Waals surface area contributed by atoms with Crippen molar-refractivity contribution in [3.8, 4) is 22.8 Å². The lowest BCUT2D eigenvalue weighted by atomic mass is 10.1. The molecule has 1 fully saturated rings. The number of hydrogen-bond donors (Lipinski definition) is 2. The van der Waals surface area contributed by atoms with E-state index in [2.05, 4.69) is 39.2 Å². The summed E-state index contributed by atoms with van der Waals surface area (Å²) >= 11 is 13.3. The van der Waals surface area contributed by atoms with Crippen LogP contribution in [0.1, 0.15) is 6.42 Å². The molecule has 0 bridgehead atoms. The van der Waals surface area contributed by atoms with Crippen LogP contribution >= 0.6 is 23.2 Å². The Bertz CT molecular complexity index is 1160. The van der Waals surface area contributed by atoms with Crippen LogP contribution in [-0.4, -0.2) is 85.3 Å². The van der Waals surface area contributed by atoms with Crippen LogP contribution in [0.3, 0.4) is 0 Å². The monoisotopic (exact) mass is 505 g/mol. The van der Waals surface area contributed by atoms with Gasteiger partial charge in [0.2, 0.25) is 5.95 Å². The van der Waals surface area contributed by atoms with Crippen molar-refractivity contribution in [3.05, 3.63) is 28.4 Å². The highest BCUT2D eigenvalue weighted by Crippen LogP contribution is 2.46. The molecule has 34 heavy (non-hydrogen) atoms. The zero-order chi connectivity index (χ0) is 24.4. The number of methoxy groups -OCH3 is 2. The molecule has 1 aliphatic heterocycles. The number of rotatable bonds is 8. The number of ether oxygens (including phenoxy) is 2. The molecule has 1 aromatic carbocycles. The molecule has 182 valence electrons. The highest BCUT2D eigenvalue weighted by molar-refractivity contribution is 6.41. The van der Waals surface area contributed by atoms with Gasteiger partial charge in [0.1, 0.15) is 17.0 Å². The van der Waals surface area contributed by atoms with Gasteiger partial charge in [0, 0.05) is 48.9 Å². The Labute approximate surface area is 209 Å². The average Bonchev–Trinajstić information content (AvgIpc) is 3.29. The summed E-state index contributed by atoms with van der Waals surface area (Å²) in [6.07, 6.45) is 2.83. The van der Waals surface area contributed by atoms with Crippen molar-refractivity contribution in [2.45, 2.75) is 12.5 Å². The molecule has 3 aromatic rings. The van der Waals surface area contributed by atoms with Gasteiger partial charge in [-0.15, -0.1) is 0 Å². The lowest BCUT2D eigenvalue weighted by Crippen LogP contribution is -2.33. The van der Waals surface area contributed by atoms with Crippen LogP contribution in [0.25, 0.3) is 22.2 Å². The zero-order valence-corrected chi connectivity index (χ0v) is 21.2. The van der Waals surface area contributed by atoms with E-state index in [-0.39, 0.29) is 5.95 Å². The van der Waals surface area contributed by atoms with Crippen molar-refractivity contribution in [2.75, 3.05) is 65.5 Å². The molecule has 1 aliphatic rings. The number of benzene rings is 1. The number of nitrogen functional groups attached to an aromatic ring is 1. The van der Waals surface area contributed by atoms with Gasteiger partial charge >= 0.3 is 0 Å². The molecule has 0 spiro atoms. The van der Waals surface area contributed by atoms with Gasteiger partial charge in [-0.05, 0) is 33.1 Å². The van der Waals surface area contributed by atoms with Crippen molar-refractivity contribution < 1.29 is 9.47 Å². The number of nitrogens with zero attached hydrogens (tertiary/aromatic N) is 5. The molecule has 0 amide bonds. The number of hydrogen-bond acceptors (Lipinski definition) is 9. The Hall–Kier alpha value is -2.59. The number of nitrogens with two attached hydrogens (primary N) is 1. The number of nitrogens with one attached hydrogen (secondary N) is 1. The Morgan fingerprint density at radius 1 is 1.15 bits per heavy atom. The van der Waals surface area contributed by atoms with E-state index in [1.165, 1.54) is 20.6 Å². The largest absolute Gasteiger partial charge is 0.495 e. The Kier molecular flexibility index (Phi) is 7.47.